The molecule has 2 heterocycles. The molecule has 116 valence electrons. The second-order valence-electron chi connectivity index (χ2n) is 5.86. The van der Waals surface area contributed by atoms with Crippen LogP contribution >= 0.6 is 0 Å². The first-order valence-electron chi connectivity index (χ1n) is 7.50. The lowest BCUT2D eigenvalue weighted by Crippen LogP contribution is -2.60. The van der Waals surface area contributed by atoms with Gasteiger partial charge >= 0.3 is 0 Å². The van der Waals surface area contributed by atoms with Gasteiger partial charge in [-0.15, -0.1) is 0 Å². The van der Waals surface area contributed by atoms with E-state index in [0.29, 0.717) is 25.9 Å². The fourth-order valence-electron chi connectivity index (χ4n) is 3.30. The van der Waals surface area contributed by atoms with Crippen molar-refractivity contribution in [2.45, 2.75) is 49.8 Å². The standard InChI is InChI=1S/C16H22O5/c17-7-5-13-9-14(18)15(19)16(21-13)10-12-4-2-1-3-11(12)6-8-20-16/h1-4,13-15,17-19H,5-10H2/t13-,14-,15+,16-/m1/s1. The van der Waals surface area contributed by atoms with Gasteiger partial charge in [-0.3, -0.25) is 0 Å². The first-order chi connectivity index (χ1) is 10.1. The maximum atomic E-state index is 10.4. The third-order valence-corrected chi connectivity index (χ3v) is 4.41. The Kier molecular flexibility index (Phi) is 4.28. The molecule has 1 aromatic carbocycles. The van der Waals surface area contributed by atoms with Gasteiger partial charge in [0.25, 0.3) is 0 Å². The van der Waals surface area contributed by atoms with Crippen molar-refractivity contribution >= 4 is 0 Å². The molecule has 0 amide bonds. The Bertz CT molecular complexity index is 491. The van der Waals surface area contributed by atoms with Gasteiger partial charge in [-0.05, 0) is 24.0 Å². The quantitative estimate of drug-likeness (QED) is 0.735. The molecule has 2 aliphatic rings. The molecule has 3 N–H and O–H groups in total. The van der Waals surface area contributed by atoms with E-state index in [4.69, 9.17) is 14.6 Å². The van der Waals surface area contributed by atoms with Crippen molar-refractivity contribution in [2.24, 2.45) is 0 Å². The van der Waals surface area contributed by atoms with Crippen molar-refractivity contribution in [3.63, 3.8) is 0 Å². The molecule has 2 aliphatic heterocycles. The van der Waals surface area contributed by atoms with Crippen molar-refractivity contribution in [1.29, 1.82) is 0 Å². The Balaban J connectivity index is 1.90. The van der Waals surface area contributed by atoms with Crippen LogP contribution in [-0.2, 0) is 22.3 Å². The van der Waals surface area contributed by atoms with Crippen LogP contribution in [0.2, 0.25) is 0 Å². The van der Waals surface area contributed by atoms with Crippen LogP contribution in [0, 0.1) is 0 Å². The Morgan fingerprint density at radius 2 is 1.95 bits per heavy atom. The molecule has 21 heavy (non-hydrogen) atoms. The number of ether oxygens (including phenoxy) is 2. The van der Waals surface area contributed by atoms with E-state index < -0.39 is 18.0 Å². The highest BCUT2D eigenvalue weighted by atomic mass is 16.7. The highest BCUT2D eigenvalue weighted by molar-refractivity contribution is 5.30. The number of fused-ring (bicyclic) bond motifs is 1. The number of aliphatic hydroxyl groups is 3. The predicted molar refractivity (Wildman–Crippen MR) is 75.7 cm³/mol. The highest BCUT2D eigenvalue weighted by Crippen LogP contribution is 2.37. The fraction of sp³-hybridized carbons (Fsp3) is 0.625. The molecule has 4 atom stereocenters. The minimum absolute atomic E-state index is 0.0137. The average Bonchev–Trinajstić information content (AvgIpc) is 2.65. The number of rotatable bonds is 2. The minimum atomic E-state index is -1.22. The Labute approximate surface area is 124 Å². The minimum Gasteiger partial charge on any atom is -0.396 e. The summed E-state index contributed by atoms with van der Waals surface area (Å²) in [5.74, 6) is -1.22. The van der Waals surface area contributed by atoms with Gasteiger partial charge in [0.05, 0.1) is 18.8 Å². The van der Waals surface area contributed by atoms with Crippen LogP contribution in [0.25, 0.3) is 0 Å². The van der Waals surface area contributed by atoms with Crippen LogP contribution < -0.4 is 0 Å². The van der Waals surface area contributed by atoms with Crippen molar-refractivity contribution in [1.82, 2.24) is 0 Å². The van der Waals surface area contributed by atoms with Crippen molar-refractivity contribution < 1.29 is 24.8 Å². The van der Waals surface area contributed by atoms with Gasteiger partial charge in [0.1, 0.15) is 6.10 Å². The summed E-state index contributed by atoms with van der Waals surface area (Å²) in [6.45, 7) is 0.423. The zero-order valence-corrected chi connectivity index (χ0v) is 11.9. The monoisotopic (exact) mass is 294 g/mol. The van der Waals surface area contributed by atoms with Gasteiger partial charge in [0, 0.05) is 19.4 Å². The molecule has 0 bridgehead atoms. The maximum Gasteiger partial charge on any atom is 0.201 e. The van der Waals surface area contributed by atoms with Gasteiger partial charge in [-0.2, -0.15) is 0 Å². The largest absolute Gasteiger partial charge is 0.396 e. The molecule has 5 heteroatoms. The average molecular weight is 294 g/mol. The zero-order valence-electron chi connectivity index (χ0n) is 11.9. The zero-order chi connectivity index (χ0) is 14.9. The SMILES string of the molecule is OCC[C@@H]1C[C@@H](O)[C@H](O)[C@@]2(Cc3ccccc3CCO2)O1. The van der Waals surface area contributed by atoms with Gasteiger partial charge < -0.3 is 24.8 Å². The maximum absolute atomic E-state index is 10.4. The lowest BCUT2D eigenvalue weighted by molar-refractivity contribution is -0.339. The summed E-state index contributed by atoms with van der Waals surface area (Å²) in [4.78, 5) is 0. The summed E-state index contributed by atoms with van der Waals surface area (Å²) in [7, 11) is 0. The number of benzene rings is 1. The topological polar surface area (TPSA) is 79.2 Å². The van der Waals surface area contributed by atoms with Crippen LogP contribution in [-0.4, -0.2) is 52.6 Å². The van der Waals surface area contributed by atoms with E-state index in [0.717, 1.165) is 12.0 Å². The van der Waals surface area contributed by atoms with Crippen molar-refractivity contribution in [3.05, 3.63) is 35.4 Å². The van der Waals surface area contributed by atoms with Crippen LogP contribution in [0.4, 0.5) is 0 Å². The van der Waals surface area contributed by atoms with Gasteiger partial charge in [0.2, 0.25) is 5.79 Å². The summed E-state index contributed by atoms with van der Waals surface area (Å²) in [5.41, 5.74) is 2.26. The third kappa shape index (κ3) is 2.84. The van der Waals surface area contributed by atoms with Crippen LogP contribution in [0.1, 0.15) is 24.0 Å². The summed E-state index contributed by atoms with van der Waals surface area (Å²) >= 11 is 0. The van der Waals surface area contributed by atoms with E-state index in [-0.39, 0.29) is 12.7 Å². The summed E-state index contributed by atoms with van der Waals surface area (Å²) in [6.07, 6.45) is -0.388. The van der Waals surface area contributed by atoms with Crippen LogP contribution in [0.3, 0.4) is 0 Å². The smallest absolute Gasteiger partial charge is 0.201 e. The van der Waals surface area contributed by atoms with E-state index in [1.165, 1.54) is 5.56 Å². The molecule has 1 aromatic rings. The molecule has 1 saturated heterocycles. The molecular weight excluding hydrogens is 272 g/mol. The number of hydrogen-bond donors (Lipinski definition) is 3. The summed E-state index contributed by atoms with van der Waals surface area (Å²) < 4.78 is 11.8. The molecule has 3 rings (SSSR count). The molecule has 5 nitrogen and oxygen atoms in total. The van der Waals surface area contributed by atoms with Gasteiger partial charge in [-0.25, -0.2) is 0 Å². The third-order valence-electron chi connectivity index (χ3n) is 4.41. The fourth-order valence-corrected chi connectivity index (χ4v) is 3.30. The van der Waals surface area contributed by atoms with Crippen LogP contribution in [0.15, 0.2) is 24.3 Å². The molecule has 0 aromatic heterocycles. The number of aliphatic hydroxyl groups excluding tert-OH is 3. The highest BCUT2D eigenvalue weighted by Gasteiger charge is 2.51. The van der Waals surface area contributed by atoms with E-state index in [9.17, 15) is 10.2 Å². The molecule has 1 spiro atoms. The van der Waals surface area contributed by atoms with Gasteiger partial charge in [-0.1, -0.05) is 24.3 Å². The molecule has 0 unspecified atom stereocenters. The van der Waals surface area contributed by atoms with Crippen LogP contribution in [0.5, 0.6) is 0 Å². The molecule has 0 aliphatic carbocycles. The lowest BCUT2D eigenvalue weighted by atomic mass is 9.88. The summed E-state index contributed by atoms with van der Waals surface area (Å²) in [6, 6.07) is 7.99. The normalized spacial score (nSPS) is 36.2. The Morgan fingerprint density at radius 1 is 1.19 bits per heavy atom. The second-order valence-corrected chi connectivity index (χ2v) is 5.86. The van der Waals surface area contributed by atoms with Crippen molar-refractivity contribution in [2.75, 3.05) is 13.2 Å². The number of hydrogen-bond acceptors (Lipinski definition) is 5. The predicted octanol–water partition coefficient (Wildman–Crippen LogP) is 0.391. The molecule has 0 saturated carbocycles. The van der Waals surface area contributed by atoms with E-state index in [2.05, 4.69) is 6.07 Å². The first kappa shape index (κ1) is 14.9. The van der Waals surface area contributed by atoms with E-state index in [1.807, 2.05) is 18.2 Å². The molecule has 1 fully saturated rings. The molecule has 0 radical (unpaired) electrons. The van der Waals surface area contributed by atoms with E-state index in [1.54, 1.807) is 0 Å². The molecular formula is C16H22O5. The summed E-state index contributed by atoms with van der Waals surface area (Å²) in [5, 5.41) is 29.7. The Hall–Kier alpha value is -0.980. The van der Waals surface area contributed by atoms with Crippen molar-refractivity contribution in [3.8, 4) is 0 Å². The Morgan fingerprint density at radius 3 is 2.71 bits per heavy atom. The first-order valence-corrected chi connectivity index (χ1v) is 7.50. The van der Waals surface area contributed by atoms with E-state index >= 15 is 0 Å². The van der Waals surface area contributed by atoms with Gasteiger partial charge in [0.15, 0.2) is 0 Å². The lowest BCUT2D eigenvalue weighted by Gasteiger charge is -2.46. The second kappa shape index (κ2) is 6.02.